The van der Waals surface area contributed by atoms with E-state index < -0.39 is 11.9 Å². The van der Waals surface area contributed by atoms with Gasteiger partial charge in [-0.2, -0.15) is 0 Å². The Bertz CT molecular complexity index is 748. The molecule has 0 saturated heterocycles. The van der Waals surface area contributed by atoms with Gasteiger partial charge in [0.25, 0.3) is 11.8 Å². The number of rotatable bonds is 3. The number of hydrazine groups is 1. The first kappa shape index (κ1) is 16.5. The summed E-state index contributed by atoms with van der Waals surface area (Å²) in [4.78, 5) is 28.3. The molecule has 0 aromatic heterocycles. The summed E-state index contributed by atoms with van der Waals surface area (Å²) in [5.41, 5.74) is 7.11. The van der Waals surface area contributed by atoms with E-state index in [9.17, 15) is 9.59 Å². The molecule has 1 aliphatic rings. The molecule has 124 valence electrons. The third-order valence-corrected chi connectivity index (χ3v) is 4.79. The van der Waals surface area contributed by atoms with Crippen molar-refractivity contribution < 1.29 is 9.59 Å². The van der Waals surface area contributed by atoms with Gasteiger partial charge in [0.2, 0.25) is 0 Å². The lowest BCUT2D eigenvalue weighted by molar-refractivity contribution is -0.136. The lowest BCUT2D eigenvalue weighted by Gasteiger charge is -2.32. The van der Waals surface area contributed by atoms with Crippen LogP contribution in [0.4, 0.5) is 11.4 Å². The van der Waals surface area contributed by atoms with Crippen LogP contribution in [0.25, 0.3) is 0 Å². The number of hydrogen-bond acceptors (Lipinski definition) is 5. The van der Waals surface area contributed by atoms with Crippen LogP contribution in [0.2, 0.25) is 0 Å². The number of benzene rings is 2. The Labute approximate surface area is 144 Å². The molecule has 0 fully saturated rings. The van der Waals surface area contributed by atoms with Gasteiger partial charge in [-0.25, -0.2) is 5.84 Å². The maximum absolute atomic E-state index is 12.9. The van der Waals surface area contributed by atoms with E-state index in [4.69, 9.17) is 11.6 Å². The van der Waals surface area contributed by atoms with Gasteiger partial charge in [0.1, 0.15) is 6.54 Å². The number of amides is 2. The lowest BCUT2D eigenvalue weighted by atomic mass is 10.2. The smallest absolute Gasteiger partial charge is 0.253 e. The highest BCUT2D eigenvalue weighted by Crippen LogP contribution is 2.47. The molecule has 4 N–H and O–H groups in total. The second-order valence-corrected chi connectivity index (χ2v) is 6.61. The van der Waals surface area contributed by atoms with Gasteiger partial charge in [0.15, 0.2) is 0 Å². The minimum Gasteiger partial charge on any atom is -0.320 e. The van der Waals surface area contributed by atoms with Gasteiger partial charge < -0.3 is 5.73 Å². The number of carbonyl (C=O) groups excluding carboxylic acids is 2. The first-order chi connectivity index (χ1) is 11.5. The summed E-state index contributed by atoms with van der Waals surface area (Å²) in [5.74, 6) is 4.96. The highest BCUT2D eigenvalue weighted by atomic mass is 32.2. The first-order valence-corrected chi connectivity index (χ1v) is 8.31. The fourth-order valence-electron chi connectivity index (χ4n) is 2.53. The second-order valence-electron chi connectivity index (χ2n) is 5.52. The highest BCUT2D eigenvalue weighted by molar-refractivity contribution is 7.99. The number of nitrogens with two attached hydrogens (primary N) is 2. The van der Waals surface area contributed by atoms with Crippen LogP contribution >= 0.6 is 11.8 Å². The van der Waals surface area contributed by atoms with Gasteiger partial charge >= 0.3 is 0 Å². The van der Waals surface area contributed by atoms with Gasteiger partial charge in [-0.05, 0) is 31.2 Å². The average molecular weight is 342 g/mol. The van der Waals surface area contributed by atoms with Gasteiger partial charge in [-0.1, -0.05) is 36.0 Å². The molecule has 2 aromatic rings. The molecule has 1 atom stereocenters. The van der Waals surface area contributed by atoms with Crippen LogP contribution in [0.5, 0.6) is 0 Å². The van der Waals surface area contributed by atoms with E-state index in [1.807, 2.05) is 48.5 Å². The van der Waals surface area contributed by atoms with Gasteiger partial charge in [-0.15, -0.1) is 0 Å². The predicted octanol–water partition coefficient (Wildman–Crippen LogP) is 1.87. The van der Waals surface area contributed by atoms with Crippen molar-refractivity contribution in [2.24, 2.45) is 11.6 Å². The van der Waals surface area contributed by atoms with Crippen molar-refractivity contribution >= 4 is 35.0 Å². The fourth-order valence-corrected chi connectivity index (χ4v) is 3.59. The van der Waals surface area contributed by atoms with Crippen molar-refractivity contribution in [1.82, 2.24) is 5.01 Å². The van der Waals surface area contributed by atoms with Gasteiger partial charge in [0, 0.05) is 9.79 Å². The summed E-state index contributed by atoms with van der Waals surface area (Å²) in [7, 11) is 0. The summed E-state index contributed by atoms with van der Waals surface area (Å²) in [6, 6.07) is 14.5. The normalized spacial score (nSPS) is 13.7. The van der Waals surface area contributed by atoms with Gasteiger partial charge in [-0.3, -0.25) is 19.5 Å². The van der Waals surface area contributed by atoms with E-state index in [0.717, 1.165) is 26.2 Å². The molecule has 0 spiro atoms. The zero-order valence-electron chi connectivity index (χ0n) is 13.2. The van der Waals surface area contributed by atoms with Gasteiger partial charge in [0.05, 0.1) is 17.4 Å². The molecule has 0 saturated carbocycles. The lowest BCUT2D eigenvalue weighted by Crippen LogP contribution is -2.50. The van der Waals surface area contributed by atoms with E-state index in [-0.39, 0.29) is 12.5 Å². The minimum atomic E-state index is -0.751. The average Bonchev–Trinajstić information content (AvgIpc) is 2.58. The molecule has 24 heavy (non-hydrogen) atoms. The molecular formula is C17H18N4O2S. The van der Waals surface area contributed by atoms with Crippen molar-refractivity contribution in [3.8, 4) is 0 Å². The van der Waals surface area contributed by atoms with Crippen molar-refractivity contribution in [1.29, 1.82) is 0 Å². The van der Waals surface area contributed by atoms with Crippen molar-refractivity contribution in [2.45, 2.75) is 22.8 Å². The Morgan fingerprint density at radius 2 is 1.58 bits per heavy atom. The molecule has 2 amide bonds. The molecule has 1 heterocycles. The predicted molar refractivity (Wildman–Crippen MR) is 93.7 cm³/mol. The maximum Gasteiger partial charge on any atom is 0.253 e. The van der Waals surface area contributed by atoms with E-state index in [0.29, 0.717) is 0 Å². The molecular weight excluding hydrogens is 324 g/mol. The van der Waals surface area contributed by atoms with Crippen LogP contribution < -0.4 is 16.5 Å². The number of nitrogens with zero attached hydrogens (tertiary/aromatic N) is 2. The molecule has 0 aliphatic carbocycles. The molecule has 0 unspecified atom stereocenters. The number of carbonyl (C=O) groups is 2. The zero-order chi connectivity index (χ0) is 17.3. The number of para-hydroxylation sites is 2. The third-order valence-electron chi connectivity index (χ3n) is 3.66. The van der Waals surface area contributed by atoms with E-state index in [1.165, 1.54) is 6.92 Å². The van der Waals surface area contributed by atoms with Crippen molar-refractivity contribution in [3.05, 3.63) is 48.5 Å². The molecule has 7 heteroatoms. The van der Waals surface area contributed by atoms with Crippen LogP contribution in [0.1, 0.15) is 6.92 Å². The number of hydrogen-bond donors (Lipinski definition) is 2. The summed E-state index contributed by atoms with van der Waals surface area (Å²) < 4.78 is 0. The number of fused-ring (bicyclic) bond motifs is 2. The Kier molecular flexibility index (Phi) is 4.57. The van der Waals surface area contributed by atoms with E-state index in [1.54, 1.807) is 16.7 Å². The SMILES string of the molecule is C[C@H](N)C(=O)N(N)CC(=O)N1c2ccccc2Sc2ccccc21. The monoisotopic (exact) mass is 342 g/mol. The first-order valence-electron chi connectivity index (χ1n) is 7.49. The van der Waals surface area contributed by atoms with Crippen molar-refractivity contribution in [2.75, 3.05) is 11.4 Å². The van der Waals surface area contributed by atoms with E-state index in [2.05, 4.69) is 0 Å². The molecule has 0 radical (unpaired) electrons. The van der Waals surface area contributed by atoms with Crippen LogP contribution in [-0.2, 0) is 9.59 Å². The standard InChI is InChI=1S/C17H18N4O2S/c1-11(18)17(23)20(19)10-16(22)21-12-6-2-4-8-14(12)24-15-9-5-3-7-13(15)21/h2-9,11H,10,18-19H2,1H3/t11-/m0/s1. The van der Waals surface area contributed by atoms with Crippen LogP contribution in [0, 0.1) is 0 Å². The molecule has 1 aliphatic heterocycles. The third kappa shape index (κ3) is 3.01. The Morgan fingerprint density at radius 1 is 1.08 bits per heavy atom. The summed E-state index contributed by atoms with van der Waals surface area (Å²) in [5, 5.41) is 0.875. The molecule has 6 nitrogen and oxygen atoms in total. The fraction of sp³-hybridized carbons (Fsp3) is 0.176. The Balaban J connectivity index is 1.95. The summed E-state index contributed by atoms with van der Waals surface area (Å²) >= 11 is 1.61. The molecule has 2 aromatic carbocycles. The minimum absolute atomic E-state index is 0.242. The van der Waals surface area contributed by atoms with Crippen LogP contribution in [0.3, 0.4) is 0 Å². The van der Waals surface area contributed by atoms with Crippen LogP contribution in [-0.4, -0.2) is 29.4 Å². The quantitative estimate of drug-likeness (QED) is 0.505. The summed E-state index contributed by atoms with van der Waals surface area (Å²) in [6.07, 6.45) is 0. The Morgan fingerprint density at radius 3 is 2.08 bits per heavy atom. The largest absolute Gasteiger partial charge is 0.320 e. The zero-order valence-corrected chi connectivity index (χ0v) is 14.0. The van der Waals surface area contributed by atoms with Crippen LogP contribution in [0.15, 0.2) is 58.3 Å². The second kappa shape index (κ2) is 6.64. The van der Waals surface area contributed by atoms with E-state index >= 15 is 0 Å². The summed E-state index contributed by atoms with van der Waals surface area (Å²) in [6.45, 7) is 1.29. The Hall–Kier alpha value is -2.35. The molecule has 3 rings (SSSR count). The maximum atomic E-state index is 12.9. The van der Waals surface area contributed by atoms with Crippen molar-refractivity contribution in [3.63, 3.8) is 0 Å². The topological polar surface area (TPSA) is 92.7 Å². The highest BCUT2D eigenvalue weighted by Gasteiger charge is 2.29. The molecule has 0 bridgehead atoms. The number of anilines is 2.